The lowest BCUT2D eigenvalue weighted by Gasteiger charge is -2.20. The van der Waals surface area contributed by atoms with Crippen molar-refractivity contribution in [1.29, 1.82) is 0 Å². The van der Waals surface area contributed by atoms with E-state index >= 15 is 0 Å². The molecule has 0 unspecified atom stereocenters. The van der Waals surface area contributed by atoms with Crippen molar-refractivity contribution in [2.24, 2.45) is 10.7 Å². The van der Waals surface area contributed by atoms with Crippen LogP contribution in [-0.4, -0.2) is 19.2 Å². The van der Waals surface area contributed by atoms with Gasteiger partial charge in [-0.1, -0.05) is 24.3 Å². The summed E-state index contributed by atoms with van der Waals surface area (Å²) in [5, 5.41) is 3.29. The van der Waals surface area contributed by atoms with Crippen LogP contribution in [-0.2, 0) is 19.4 Å². The zero-order valence-corrected chi connectivity index (χ0v) is 17.7. The molecule has 6 heteroatoms. The summed E-state index contributed by atoms with van der Waals surface area (Å²) in [4.78, 5) is 4.53. The molecule has 27 heavy (non-hydrogen) atoms. The number of benzene rings is 2. The van der Waals surface area contributed by atoms with Crippen LogP contribution < -0.4 is 20.5 Å². The number of aryl methyl sites for hydroxylation is 1. The number of para-hydroxylation sites is 1. The van der Waals surface area contributed by atoms with E-state index in [-0.39, 0.29) is 24.0 Å². The molecule has 0 spiro atoms. The van der Waals surface area contributed by atoms with Crippen LogP contribution >= 0.6 is 24.0 Å². The fourth-order valence-electron chi connectivity index (χ4n) is 3.62. The summed E-state index contributed by atoms with van der Waals surface area (Å²) >= 11 is 0. The van der Waals surface area contributed by atoms with E-state index < -0.39 is 0 Å². The van der Waals surface area contributed by atoms with E-state index in [2.05, 4.69) is 28.5 Å². The lowest BCUT2D eigenvalue weighted by atomic mass is 9.90. The first-order chi connectivity index (χ1) is 12.8. The molecule has 2 aliphatic rings. The number of hydrogen-bond acceptors (Lipinski definition) is 3. The first-order valence-corrected chi connectivity index (χ1v) is 9.36. The quantitative estimate of drug-likeness (QED) is 0.392. The Morgan fingerprint density at radius 3 is 2.74 bits per heavy atom. The molecule has 0 atom stereocenters. The number of nitrogens with one attached hydrogen (secondary N) is 1. The van der Waals surface area contributed by atoms with Crippen LogP contribution in [0, 0.1) is 0 Å². The number of guanidine groups is 1. The Morgan fingerprint density at radius 1 is 1.00 bits per heavy atom. The van der Waals surface area contributed by atoms with Gasteiger partial charge in [-0.05, 0) is 48.9 Å². The zero-order chi connectivity index (χ0) is 17.8. The zero-order valence-electron chi connectivity index (χ0n) is 15.4. The van der Waals surface area contributed by atoms with Crippen LogP contribution in [0.25, 0.3) is 0 Å². The highest BCUT2D eigenvalue weighted by atomic mass is 127. The second kappa shape index (κ2) is 9.30. The summed E-state index contributed by atoms with van der Waals surface area (Å²) in [6.45, 7) is 1.81. The normalized spacial score (nSPS) is 15.9. The van der Waals surface area contributed by atoms with E-state index in [4.69, 9.17) is 15.2 Å². The Bertz CT molecular complexity index is 823. The highest BCUT2D eigenvalue weighted by Gasteiger charge is 2.15. The molecule has 1 aliphatic carbocycles. The fraction of sp³-hybridized carbons (Fsp3) is 0.381. The van der Waals surface area contributed by atoms with Crippen LogP contribution in [0.4, 0.5) is 5.69 Å². The molecule has 0 radical (unpaired) electrons. The van der Waals surface area contributed by atoms with Gasteiger partial charge in [0.05, 0.1) is 19.8 Å². The van der Waals surface area contributed by atoms with Gasteiger partial charge in [-0.15, -0.1) is 24.0 Å². The van der Waals surface area contributed by atoms with E-state index in [0.29, 0.717) is 25.7 Å². The van der Waals surface area contributed by atoms with E-state index in [9.17, 15) is 0 Å². The van der Waals surface area contributed by atoms with E-state index in [1.54, 1.807) is 0 Å². The van der Waals surface area contributed by atoms with Crippen molar-refractivity contribution >= 4 is 35.6 Å². The minimum absolute atomic E-state index is 0. The third-order valence-corrected chi connectivity index (χ3v) is 4.93. The first-order valence-electron chi connectivity index (χ1n) is 9.36. The lowest BCUT2D eigenvalue weighted by molar-refractivity contribution is 0.296. The Labute approximate surface area is 177 Å². The molecule has 0 amide bonds. The van der Waals surface area contributed by atoms with Gasteiger partial charge in [0.2, 0.25) is 0 Å². The van der Waals surface area contributed by atoms with Gasteiger partial charge in [0.15, 0.2) is 17.5 Å². The van der Waals surface area contributed by atoms with Gasteiger partial charge in [0, 0.05) is 17.7 Å². The van der Waals surface area contributed by atoms with Gasteiger partial charge < -0.3 is 20.5 Å². The fourth-order valence-corrected chi connectivity index (χ4v) is 3.62. The molecular formula is C21H26IN3O2. The monoisotopic (exact) mass is 479 g/mol. The third kappa shape index (κ3) is 4.66. The number of rotatable bonds is 3. The maximum Gasteiger partial charge on any atom is 0.193 e. The SMILES string of the molecule is I.NC(=NCc1cccc2c1OCCCO2)Nc1cccc2c1CCCC2. The molecule has 0 fully saturated rings. The summed E-state index contributed by atoms with van der Waals surface area (Å²) in [7, 11) is 0. The molecule has 0 bridgehead atoms. The van der Waals surface area contributed by atoms with Crippen molar-refractivity contribution in [3.8, 4) is 11.5 Å². The van der Waals surface area contributed by atoms with Crippen LogP contribution in [0.2, 0.25) is 0 Å². The van der Waals surface area contributed by atoms with Gasteiger partial charge in [0.25, 0.3) is 0 Å². The molecule has 144 valence electrons. The highest BCUT2D eigenvalue weighted by molar-refractivity contribution is 14.0. The van der Waals surface area contributed by atoms with E-state index in [1.165, 1.54) is 24.0 Å². The minimum atomic E-state index is 0. The van der Waals surface area contributed by atoms with E-state index in [0.717, 1.165) is 42.0 Å². The Kier molecular flexibility index (Phi) is 6.82. The molecule has 1 heterocycles. The predicted molar refractivity (Wildman–Crippen MR) is 119 cm³/mol. The molecule has 2 aromatic rings. The summed E-state index contributed by atoms with van der Waals surface area (Å²) < 4.78 is 11.6. The number of aliphatic imine (C=N–C) groups is 1. The highest BCUT2D eigenvalue weighted by Crippen LogP contribution is 2.33. The van der Waals surface area contributed by atoms with Crippen molar-refractivity contribution < 1.29 is 9.47 Å². The Hall–Kier alpha value is -1.96. The molecule has 1 aliphatic heterocycles. The topological polar surface area (TPSA) is 68.9 Å². The molecule has 5 nitrogen and oxygen atoms in total. The maximum atomic E-state index is 6.16. The minimum Gasteiger partial charge on any atom is -0.490 e. The van der Waals surface area contributed by atoms with Gasteiger partial charge >= 0.3 is 0 Å². The van der Waals surface area contributed by atoms with E-state index in [1.807, 2.05) is 18.2 Å². The van der Waals surface area contributed by atoms with Gasteiger partial charge in [-0.2, -0.15) is 0 Å². The second-order valence-corrected chi connectivity index (χ2v) is 6.77. The molecule has 3 N–H and O–H groups in total. The number of nitrogens with two attached hydrogens (primary N) is 1. The second-order valence-electron chi connectivity index (χ2n) is 6.77. The van der Waals surface area contributed by atoms with Crippen molar-refractivity contribution in [3.05, 3.63) is 53.1 Å². The summed E-state index contributed by atoms with van der Waals surface area (Å²) in [6, 6.07) is 12.3. The van der Waals surface area contributed by atoms with Crippen LogP contribution in [0.1, 0.15) is 36.0 Å². The Balaban J connectivity index is 0.00000210. The number of fused-ring (bicyclic) bond motifs is 2. The molecule has 0 aromatic heterocycles. The number of nitrogens with zero attached hydrogens (tertiary/aromatic N) is 1. The van der Waals surface area contributed by atoms with Crippen LogP contribution in [0.3, 0.4) is 0 Å². The van der Waals surface area contributed by atoms with Crippen LogP contribution in [0.5, 0.6) is 11.5 Å². The van der Waals surface area contributed by atoms with Crippen molar-refractivity contribution in [1.82, 2.24) is 0 Å². The summed E-state index contributed by atoms with van der Waals surface area (Å²) in [5.74, 6) is 2.01. The van der Waals surface area contributed by atoms with Crippen molar-refractivity contribution in [3.63, 3.8) is 0 Å². The smallest absolute Gasteiger partial charge is 0.193 e. The average Bonchev–Trinajstić information content (AvgIpc) is 2.92. The number of hydrogen-bond donors (Lipinski definition) is 2. The number of ether oxygens (including phenoxy) is 2. The maximum absolute atomic E-state index is 6.16. The third-order valence-electron chi connectivity index (χ3n) is 4.93. The van der Waals surface area contributed by atoms with Crippen molar-refractivity contribution in [2.75, 3.05) is 18.5 Å². The number of anilines is 1. The molecule has 4 rings (SSSR count). The van der Waals surface area contributed by atoms with Gasteiger partial charge in [0.1, 0.15) is 0 Å². The molecular weight excluding hydrogens is 453 g/mol. The summed E-state index contributed by atoms with van der Waals surface area (Å²) in [6.07, 6.45) is 5.64. The number of halogens is 1. The largest absolute Gasteiger partial charge is 0.490 e. The molecule has 2 aromatic carbocycles. The predicted octanol–water partition coefficient (Wildman–Crippen LogP) is 4.27. The van der Waals surface area contributed by atoms with Gasteiger partial charge in [-0.25, -0.2) is 4.99 Å². The Morgan fingerprint density at radius 2 is 1.81 bits per heavy atom. The average molecular weight is 479 g/mol. The van der Waals surface area contributed by atoms with Gasteiger partial charge in [-0.3, -0.25) is 0 Å². The first kappa shape index (κ1) is 19.8. The molecule has 0 saturated carbocycles. The van der Waals surface area contributed by atoms with Crippen LogP contribution in [0.15, 0.2) is 41.4 Å². The summed E-state index contributed by atoms with van der Waals surface area (Å²) in [5.41, 5.74) is 11.0. The standard InChI is InChI=1S/C21H25N3O2.HI/c22-21(24-18-10-3-7-15-6-1-2-9-17(15)18)23-14-16-8-4-11-19-20(16)26-13-5-12-25-19;/h3-4,7-8,10-11H,1-2,5-6,9,12-14H2,(H3,22,23,24);1H. The molecule has 0 saturated heterocycles. The van der Waals surface area contributed by atoms with Crippen molar-refractivity contribution in [2.45, 2.75) is 38.6 Å². The lowest BCUT2D eigenvalue weighted by Crippen LogP contribution is -2.24.